The van der Waals surface area contributed by atoms with Gasteiger partial charge in [0, 0.05) is 29.9 Å². The molecular formula is C25H23N3O2. The van der Waals surface area contributed by atoms with E-state index in [1.54, 1.807) is 19.5 Å². The Bertz CT molecular complexity index is 1140. The zero-order valence-electron chi connectivity index (χ0n) is 16.8. The molecule has 2 aromatic carbocycles. The average Bonchev–Trinajstić information content (AvgIpc) is 2.82. The molecule has 0 atom stereocenters. The molecule has 0 saturated carbocycles. The first-order valence-electron chi connectivity index (χ1n) is 9.96. The molecular weight excluding hydrogens is 374 g/mol. The summed E-state index contributed by atoms with van der Waals surface area (Å²) < 4.78 is 5.19. The van der Waals surface area contributed by atoms with E-state index in [1.807, 2.05) is 54.6 Å². The third kappa shape index (κ3) is 4.46. The highest BCUT2D eigenvalue weighted by Gasteiger charge is 2.13. The van der Waals surface area contributed by atoms with Crippen molar-refractivity contribution in [1.82, 2.24) is 15.3 Å². The lowest BCUT2D eigenvalue weighted by atomic mass is 10.0. The maximum atomic E-state index is 13.0. The summed E-state index contributed by atoms with van der Waals surface area (Å²) in [6, 6.07) is 21.4. The molecule has 1 N–H and O–H groups in total. The number of nitrogens with zero attached hydrogens (tertiary/aromatic N) is 2. The van der Waals surface area contributed by atoms with E-state index in [1.165, 1.54) is 5.56 Å². The average molecular weight is 397 g/mol. The molecule has 0 spiro atoms. The zero-order chi connectivity index (χ0) is 20.8. The number of para-hydroxylation sites is 1. The Morgan fingerprint density at radius 3 is 2.53 bits per heavy atom. The Hall–Kier alpha value is -3.73. The Kier molecular flexibility index (Phi) is 5.99. The number of carbonyl (C=O) groups excluding carboxylic acids is 1. The first-order valence-corrected chi connectivity index (χ1v) is 9.96. The van der Waals surface area contributed by atoms with E-state index >= 15 is 0 Å². The van der Waals surface area contributed by atoms with Gasteiger partial charge >= 0.3 is 0 Å². The van der Waals surface area contributed by atoms with E-state index in [9.17, 15) is 4.79 Å². The highest BCUT2D eigenvalue weighted by Crippen LogP contribution is 2.24. The maximum Gasteiger partial charge on any atom is 0.252 e. The van der Waals surface area contributed by atoms with Gasteiger partial charge in [-0.05, 0) is 54.8 Å². The number of aryl methyl sites for hydroxylation is 1. The molecule has 0 saturated heterocycles. The minimum Gasteiger partial charge on any atom is -0.497 e. The minimum absolute atomic E-state index is 0.0846. The van der Waals surface area contributed by atoms with Crippen molar-refractivity contribution in [2.75, 3.05) is 13.7 Å². The normalized spacial score (nSPS) is 10.7. The summed E-state index contributed by atoms with van der Waals surface area (Å²) in [5.74, 6) is 0.764. The molecule has 2 heterocycles. The number of benzene rings is 2. The van der Waals surface area contributed by atoms with Gasteiger partial charge in [-0.1, -0.05) is 30.3 Å². The monoisotopic (exact) mass is 397 g/mol. The summed E-state index contributed by atoms with van der Waals surface area (Å²) in [4.78, 5) is 21.8. The number of ether oxygens (including phenoxy) is 1. The lowest BCUT2D eigenvalue weighted by Gasteiger charge is -2.11. The van der Waals surface area contributed by atoms with Crippen LogP contribution >= 0.6 is 0 Å². The van der Waals surface area contributed by atoms with E-state index in [4.69, 9.17) is 9.72 Å². The summed E-state index contributed by atoms with van der Waals surface area (Å²) in [5.41, 5.74) is 4.36. The van der Waals surface area contributed by atoms with Gasteiger partial charge in [0.15, 0.2) is 0 Å². The van der Waals surface area contributed by atoms with Gasteiger partial charge in [0.05, 0.1) is 23.9 Å². The van der Waals surface area contributed by atoms with Crippen molar-refractivity contribution in [2.45, 2.75) is 12.8 Å². The number of amides is 1. The minimum atomic E-state index is -0.0846. The smallest absolute Gasteiger partial charge is 0.252 e. The Morgan fingerprint density at radius 2 is 1.77 bits per heavy atom. The molecule has 4 aromatic rings. The van der Waals surface area contributed by atoms with Crippen LogP contribution in [-0.2, 0) is 6.42 Å². The molecule has 30 heavy (non-hydrogen) atoms. The number of hydrogen-bond donors (Lipinski definition) is 1. The fourth-order valence-corrected chi connectivity index (χ4v) is 3.42. The van der Waals surface area contributed by atoms with Crippen LogP contribution in [0.15, 0.2) is 79.1 Å². The summed E-state index contributed by atoms with van der Waals surface area (Å²) in [7, 11) is 1.66. The fraction of sp³-hybridized carbons (Fsp3) is 0.160. The van der Waals surface area contributed by atoms with E-state index in [0.29, 0.717) is 12.1 Å². The second-order valence-electron chi connectivity index (χ2n) is 7.02. The van der Waals surface area contributed by atoms with Gasteiger partial charge in [0.25, 0.3) is 5.91 Å². The van der Waals surface area contributed by atoms with E-state index in [0.717, 1.165) is 40.8 Å². The molecule has 0 aliphatic rings. The van der Waals surface area contributed by atoms with Gasteiger partial charge < -0.3 is 10.1 Å². The van der Waals surface area contributed by atoms with Crippen LogP contribution in [0.3, 0.4) is 0 Å². The summed E-state index contributed by atoms with van der Waals surface area (Å²) in [6.45, 7) is 0.603. The van der Waals surface area contributed by atoms with Crippen molar-refractivity contribution in [3.63, 3.8) is 0 Å². The van der Waals surface area contributed by atoms with Gasteiger partial charge in [-0.2, -0.15) is 0 Å². The molecule has 1 amide bonds. The number of fused-ring (bicyclic) bond motifs is 1. The molecule has 0 fully saturated rings. The number of carbonyl (C=O) groups is 1. The van der Waals surface area contributed by atoms with Crippen LogP contribution in [0.4, 0.5) is 0 Å². The van der Waals surface area contributed by atoms with Crippen molar-refractivity contribution in [2.24, 2.45) is 0 Å². The quantitative estimate of drug-likeness (QED) is 0.460. The first-order chi connectivity index (χ1) is 14.7. The largest absolute Gasteiger partial charge is 0.497 e. The van der Waals surface area contributed by atoms with Crippen LogP contribution in [0, 0.1) is 0 Å². The van der Waals surface area contributed by atoms with Gasteiger partial charge in [0.1, 0.15) is 5.75 Å². The number of rotatable bonds is 7. The van der Waals surface area contributed by atoms with Crippen LogP contribution in [-0.4, -0.2) is 29.5 Å². The molecule has 5 heteroatoms. The van der Waals surface area contributed by atoms with E-state index in [-0.39, 0.29) is 5.91 Å². The third-order valence-electron chi connectivity index (χ3n) is 5.02. The van der Waals surface area contributed by atoms with Crippen LogP contribution < -0.4 is 10.1 Å². The highest BCUT2D eigenvalue weighted by atomic mass is 16.5. The number of pyridine rings is 2. The number of aromatic nitrogens is 2. The molecule has 4 rings (SSSR count). The summed E-state index contributed by atoms with van der Waals surface area (Å²) in [6.07, 6.45) is 5.21. The molecule has 0 unspecified atom stereocenters. The van der Waals surface area contributed by atoms with Crippen molar-refractivity contribution in [1.29, 1.82) is 0 Å². The highest BCUT2D eigenvalue weighted by molar-refractivity contribution is 6.07. The van der Waals surface area contributed by atoms with Crippen LogP contribution in [0.5, 0.6) is 5.75 Å². The second-order valence-corrected chi connectivity index (χ2v) is 7.02. The van der Waals surface area contributed by atoms with E-state index in [2.05, 4.69) is 22.4 Å². The molecule has 0 bridgehead atoms. The lowest BCUT2D eigenvalue weighted by molar-refractivity contribution is 0.0955. The Morgan fingerprint density at radius 1 is 1.00 bits per heavy atom. The SMILES string of the molecule is COc1ccc(CCCNC(=O)c2cc(-c3ccncc3)nc3ccccc23)cc1. The molecule has 5 nitrogen and oxygen atoms in total. The topological polar surface area (TPSA) is 64.1 Å². The van der Waals surface area contributed by atoms with Crippen LogP contribution in [0.25, 0.3) is 22.2 Å². The predicted molar refractivity (Wildman–Crippen MR) is 119 cm³/mol. The zero-order valence-corrected chi connectivity index (χ0v) is 16.8. The van der Waals surface area contributed by atoms with Crippen LogP contribution in [0.2, 0.25) is 0 Å². The van der Waals surface area contributed by atoms with Gasteiger partial charge in [-0.25, -0.2) is 4.98 Å². The van der Waals surface area contributed by atoms with Gasteiger partial charge in [0.2, 0.25) is 0 Å². The van der Waals surface area contributed by atoms with E-state index < -0.39 is 0 Å². The standard InChI is InChI=1S/C25H23N3O2/c1-30-20-10-8-18(9-11-20)5-4-14-27-25(29)22-17-24(19-12-15-26-16-13-19)28-23-7-3-2-6-21(22)23/h2-3,6-13,15-17H,4-5,14H2,1H3,(H,27,29). The van der Waals surface area contributed by atoms with Crippen molar-refractivity contribution >= 4 is 16.8 Å². The fourth-order valence-electron chi connectivity index (χ4n) is 3.42. The van der Waals surface area contributed by atoms with Gasteiger partial charge in [-0.15, -0.1) is 0 Å². The summed E-state index contributed by atoms with van der Waals surface area (Å²) >= 11 is 0. The number of nitrogens with one attached hydrogen (secondary N) is 1. The second kappa shape index (κ2) is 9.18. The maximum absolute atomic E-state index is 13.0. The number of methoxy groups -OCH3 is 1. The molecule has 0 aliphatic heterocycles. The summed E-state index contributed by atoms with van der Waals surface area (Å²) in [5, 5.41) is 3.91. The van der Waals surface area contributed by atoms with Crippen molar-refractivity contribution in [3.8, 4) is 17.0 Å². The van der Waals surface area contributed by atoms with Gasteiger partial charge in [-0.3, -0.25) is 9.78 Å². The molecule has 2 aromatic heterocycles. The first kappa shape index (κ1) is 19.6. The molecule has 150 valence electrons. The van der Waals surface area contributed by atoms with Crippen molar-refractivity contribution in [3.05, 3.63) is 90.3 Å². The predicted octanol–water partition coefficient (Wildman–Crippen LogP) is 4.67. The Balaban J connectivity index is 1.48. The van der Waals surface area contributed by atoms with Crippen LogP contribution in [0.1, 0.15) is 22.3 Å². The number of hydrogen-bond acceptors (Lipinski definition) is 4. The lowest BCUT2D eigenvalue weighted by Crippen LogP contribution is -2.25. The molecule has 0 radical (unpaired) electrons. The van der Waals surface area contributed by atoms with Crippen molar-refractivity contribution < 1.29 is 9.53 Å². The molecule has 0 aliphatic carbocycles. The Labute approximate surface area is 175 Å². The third-order valence-corrected chi connectivity index (χ3v) is 5.02.